The zero-order valence-corrected chi connectivity index (χ0v) is 13.7. The van der Waals surface area contributed by atoms with Crippen molar-refractivity contribution in [2.45, 2.75) is 32.6 Å². The predicted octanol–water partition coefficient (Wildman–Crippen LogP) is 3.19. The quantitative estimate of drug-likeness (QED) is 0.717. The first-order valence-electron chi connectivity index (χ1n) is 6.16. The molecule has 1 aromatic carbocycles. The molecule has 0 bridgehead atoms. The highest BCUT2D eigenvalue weighted by molar-refractivity contribution is 7.90. The van der Waals surface area contributed by atoms with E-state index in [4.69, 9.17) is 13.0 Å². The van der Waals surface area contributed by atoms with Crippen molar-refractivity contribution >= 4 is 17.9 Å². The lowest BCUT2D eigenvalue weighted by Gasteiger charge is -2.16. The molecule has 0 N–H and O–H groups in total. The Hall–Kier alpha value is -0.720. The minimum Gasteiger partial charge on any atom is -0.286 e. The third kappa shape index (κ3) is 4.40. The molecule has 0 heterocycles. The van der Waals surface area contributed by atoms with Crippen molar-refractivity contribution in [1.82, 2.24) is 0 Å². The third-order valence-corrected chi connectivity index (χ3v) is 6.02. The molecule has 0 aliphatic carbocycles. The van der Waals surface area contributed by atoms with Crippen molar-refractivity contribution in [3.05, 3.63) is 29.3 Å². The Morgan fingerprint density at radius 1 is 1.10 bits per heavy atom. The van der Waals surface area contributed by atoms with Gasteiger partial charge in [-0.2, -0.15) is 12.4 Å². The zero-order chi connectivity index (χ0) is 15.4. The molecular formula is C12H19O6PS. The van der Waals surface area contributed by atoms with Crippen LogP contribution in [0.2, 0.25) is 0 Å². The molecule has 0 unspecified atom stereocenters. The van der Waals surface area contributed by atoms with Crippen LogP contribution < -0.4 is 0 Å². The Morgan fingerprint density at radius 2 is 1.65 bits per heavy atom. The molecule has 8 heteroatoms. The second-order valence-corrected chi connectivity index (χ2v) is 7.44. The summed E-state index contributed by atoms with van der Waals surface area (Å²) in [5, 5.41) is 0. The van der Waals surface area contributed by atoms with Crippen LogP contribution >= 0.6 is 7.82 Å². The Labute approximate surface area is 119 Å². The van der Waals surface area contributed by atoms with Gasteiger partial charge in [0.25, 0.3) is 0 Å². The van der Waals surface area contributed by atoms with Gasteiger partial charge < -0.3 is 0 Å². The molecule has 1 aromatic rings. The van der Waals surface area contributed by atoms with Gasteiger partial charge in [0, 0.05) is 0 Å². The van der Waals surface area contributed by atoms with Crippen molar-refractivity contribution in [3.63, 3.8) is 0 Å². The molecule has 0 spiro atoms. The van der Waals surface area contributed by atoms with E-state index in [1.165, 1.54) is 6.07 Å². The van der Waals surface area contributed by atoms with E-state index >= 15 is 0 Å². The standard InChI is InChI=1S/C12H19O6PS/c1-5-16-19(13,17-6-2)18-20(14,15)12-8-7-10(3)9-11(12)4/h7-9H,5-6H2,1-4H3. The van der Waals surface area contributed by atoms with Gasteiger partial charge >= 0.3 is 17.9 Å². The van der Waals surface area contributed by atoms with Gasteiger partial charge in [-0.25, -0.2) is 4.57 Å². The van der Waals surface area contributed by atoms with Crippen molar-refractivity contribution in [2.24, 2.45) is 0 Å². The third-order valence-electron chi connectivity index (χ3n) is 2.36. The fourth-order valence-corrected chi connectivity index (χ4v) is 4.66. The zero-order valence-electron chi connectivity index (χ0n) is 12.0. The van der Waals surface area contributed by atoms with Crippen molar-refractivity contribution in [2.75, 3.05) is 13.2 Å². The highest BCUT2D eigenvalue weighted by atomic mass is 32.2. The van der Waals surface area contributed by atoms with Crippen molar-refractivity contribution in [3.8, 4) is 0 Å². The lowest BCUT2D eigenvalue weighted by Crippen LogP contribution is -2.10. The summed E-state index contributed by atoms with van der Waals surface area (Å²) in [6.45, 7) is 6.64. The van der Waals surface area contributed by atoms with E-state index in [9.17, 15) is 13.0 Å². The van der Waals surface area contributed by atoms with Crippen LogP contribution in [0.5, 0.6) is 0 Å². The van der Waals surface area contributed by atoms with Crippen LogP contribution in [0.15, 0.2) is 23.1 Å². The lowest BCUT2D eigenvalue weighted by atomic mass is 10.2. The van der Waals surface area contributed by atoms with Crippen molar-refractivity contribution < 1.29 is 26.0 Å². The van der Waals surface area contributed by atoms with Gasteiger partial charge in [0.2, 0.25) is 0 Å². The average Bonchev–Trinajstić information content (AvgIpc) is 2.27. The van der Waals surface area contributed by atoms with Gasteiger partial charge in [-0.05, 0) is 39.3 Å². The van der Waals surface area contributed by atoms with E-state index in [0.29, 0.717) is 5.56 Å². The minimum absolute atomic E-state index is 0.0136. The molecule has 20 heavy (non-hydrogen) atoms. The number of phosphoric ester groups is 1. The molecular weight excluding hydrogens is 303 g/mol. The van der Waals surface area contributed by atoms with Crippen LogP contribution in [-0.2, 0) is 27.7 Å². The van der Waals surface area contributed by atoms with Crippen LogP contribution in [0, 0.1) is 13.8 Å². The van der Waals surface area contributed by atoms with Crippen LogP contribution in [0.4, 0.5) is 0 Å². The molecule has 0 aliphatic heterocycles. The SMILES string of the molecule is CCOP(=O)(OCC)OS(=O)(=O)c1ccc(C)cc1C. The van der Waals surface area contributed by atoms with Crippen LogP contribution in [-0.4, -0.2) is 21.6 Å². The van der Waals surface area contributed by atoms with Gasteiger partial charge in [0.15, 0.2) is 0 Å². The first kappa shape index (κ1) is 17.3. The summed E-state index contributed by atoms with van der Waals surface area (Å²) in [7, 11) is -8.35. The molecule has 0 saturated heterocycles. The maximum atomic E-state index is 12.2. The lowest BCUT2D eigenvalue weighted by molar-refractivity contribution is 0.169. The molecule has 0 aliphatic rings. The average molecular weight is 322 g/mol. The maximum Gasteiger partial charge on any atom is 0.489 e. The fraction of sp³-hybridized carbons (Fsp3) is 0.500. The maximum absolute atomic E-state index is 12.2. The van der Waals surface area contributed by atoms with E-state index in [1.54, 1.807) is 32.9 Å². The van der Waals surface area contributed by atoms with Gasteiger partial charge in [0.05, 0.1) is 18.1 Å². The first-order valence-corrected chi connectivity index (χ1v) is 9.03. The predicted molar refractivity (Wildman–Crippen MR) is 75.0 cm³/mol. The van der Waals surface area contributed by atoms with Crippen LogP contribution in [0.25, 0.3) is 0 Å². The summed E-state index contributed by atoms with van der Waals surface area (Å²) in [4.78, 5) is -0.0530. The molecule has 6 nitrogen and oxygen atoms in total. The van der Waals surface area contributed by atoms with E-state index in [0.717, 1.165) is 5.56 Å². The van der Waals surface area contributed by atoms with Gasteiger partial charge in [-0.15, -0.1) is 0 Å². The molecule has 0 radical (unpaired) electrons. The number of phosphoric acid groups is 1. The summed E-state index contributed by atoms with van der Waals surface area (Å²) < 4.78 is 50.8. The first-order chi connectivity index (χ1) is 9.24. The van der Waals surface area contributed by atoms with Crippen LogP contribution in [0.3, 0.4) is 0 Å². The van der Waals surface area contributed by atoms with E-state index in [2.05, 4.69) is 0 Å². The Kier molecular flexibility index (Phi) is 5.91. The van der Waals surface area contributed by atoms with Gasteiger partial charge in [-0.1, -0.05) is 17.7 Å². The number of hydrogen-bond acceptors (Lipinski definition) is 6. The van der Waals surface area contributed by atoms with E-state index < -0.39 is 17.9 Å². The van der Waals surface area contributed by atoms with E-state index in [-0.39, 0.29) is 18.1 Å². The summed E-state index contributed by atoms with van der Waals surface area (Å²) >= 11 is 0. The number of benzene rings is 1. The second kappa shape index (κ2) is 6.83. The molecule has 114 valence electrons. The molecule has 0 fully saturated rings. The molecule has 1 rings (SSSR count). The topological polar surface area (TPSA) is 78.9 Å². The molecule has 0 amide bonds. The second-order valence-electron chi connectivity index (χ2n) is 4.08. The fourth-order valence-electron chi connectivity index (χ4n) is 1.64. The Morgan fingerprint density at radius 3 is 2.10 bits per heavy atom. The van der Waals surface area contributed by atoms with Gasteiger partial charge in [0.1, 0.15) is 0 Å². The molecule has 0 aromatic heterocycles. The monoisotopic (exact) mass is 322 g/mol. The normalized spacial score (nSPS) is 12.6. The minimum atomic E-state index is -4.22. The summed E-state index contributed by atoms with van der Waals surface area (Å²) in [6.07, 6.45) is 0. The smallest absolute Gasteiger partial charge is 0.286 e. The highest BCUT2D eigenvalue weighted by Gasteiger charge is 2.34. The van der Waals surface area contributed by atoms with Gasteiger partial charge in [-0.3, -0.25) is 9.05 Å². The largest absolute Gasteiger partial charge is 0.489 e. The Bertz CT molecular complexity index is 600. The van der Waals surface area contributed by atoms with Crippen LogP contribution in [0.1, 0.15) is 25.0 Å². The number of rotatable bonds is 7. The number of aryl methyl sites for hydroxylation is 2. The highest BCUT2D eigenvalue weighted by Crippen LogP contribution is 2.51. The summed E-state index contributed by atoms with van der Waals surface area (Å²) in [6, 6.07) is 4.74. The number of hydrogen-bond donors (Lipinski definition) is 0. The summed E-state index contributed by atoms with van der Waals surface area (Å²) in [5.41, 5.74) is 1.42. The molecule has 0 atom stereocenters. The van der Waals surface area contributed by atoms with E-state index in [1.807, 2.05) is 6.92 Å². The van der Waals surface area contributed by atoms with Crippen molar-refractivity contribution in [1.29, 1.82) is 0 Å². The Balaban J connectivity index is 3.13. The molecule has 0 saturated carbocycles. The summed E-state index contributed by atoms with van der Waals surface area (Å²) in [5.74, 6) is 0.